The molecule has 0 aliphatic rings. The predicted molar refractivity (Wildman–Crippen MR) is 22.3 cm³/mol. The van der Waals surface area contributed by atoms with E-state index in [0.29, 0.717) is 0 Å². The molecule has 0 aliphatic carbocycles. The fraction of sp³-hybridized carbons (Fsp3) is 0. The van der Waals surface area contributed by atoms with Crippen LogP contribution in [0.25, 0.3) is 0 Å². The first-order chi connectivity index (χ1) is 1.41. The lowest BCUT2D eigenvalue weighted by Gasteiger charge is -1.24. The molecule has 0 spiro atoms. The van der Waals surface area contributed by atoms with Gasteiger partial charge in [0.15, 0.2) is 0 Å². The van der Waals surface area contributed by atoms with Crippen LogP contribution in [0.1, 0.15) is 0 Å². The van der Waals surface area contributed by atoms with E-state index in [4.69, 9.17) is 9.46 Å². The monoisotopic (exact) mass is 99.0 g/mol. The van der Waals surface area contributed by atoms with Gasteiger partial charge in [-0.05, 0) is 9.90 Å². The summed E-state index contributed by atoms with van der Waals surface area (Å²) in [7, 11) is -0.833. The van der Waals surface area contributed by atoms with Crippen molar-refractivity contribution in [2.24, 2.45) is 0 Å². The summed E-state index contributed by atoms with van der Waals surface area (Å²) < 4.78 is 8.46. The Hall–Kier alpha value is 0.490. The van der Waals surface area contributed by atoms with Crippen LogP contribution in [-0.2, 0) is 4.57 Å². The van der Waals surface area contributed by atoms with E-state index in [2.05, 4.69) is 0 Å². The molecule has 0 aromatic rings. The first-order valence-corrected chi connectivity index (χ1v) is 1.15. The van der Waals surface area contributed by atoms with Crippen molar-refractivity contribution in [2.45, 2.75) is 0 Å². The molecule has 0 saturated heterocycles. The van der Waals surface area contributed by atoms with Crippen molar-refractivity contribution in [3.8, 4) is 0 Å². The van der Waals surface area contributed by atoms with Crippen LogP contribution in [0.5, 0.6) is 0 Å². The smallest absolute Gasteiger partial charge is 0.310 e. The van der Waals surface area contributed by atoms with Gasteiger partial charge in [0.25, 0.3) is 0 Å². The molecule has 4 heteroatoms. The number of hydrogen-bond acceptors (Lipinski definition) is 1. The summed E-state index contributed by atoms with van der Waals surface area (Å²) in [6.07, 6.45) is 0. The summed E-state index contributed by atoms with van der Waals surface area (Å²) in [6, 6.07) is 0. The average Bonchev–Trinajstić information content (AvgIpc) is 0.918. The van der Waals surface area contributed by atoms with Crippen molar-refractivity contribution in [2.75, 3.05) is 0 Å². The molecule has 0 aromatic heterocycles. The highest BCUT2D eigenvalue weighted by atomic mass is 31.1. The van der Waals surface area contributed by atoms with E-state index in [1.807, 2.05) is 0 Å². The quantitative estimate of drug-likeness (QED) is 0.433. The summed E-state index contributed by atoms with van der Waals surface area (Å²) in [5.41, 5.74) is 0. The molecule has 26 valence electrons. The second kappa shape index (κ2) is 9.75. The highest BCUT2D eigenvalue weighted by molar-refractivity contribution is 7.16. The Labute approximate surface area is 29.1 Å². The molecule has 0 radical (unpaired) electrons. The van der Waals surface area contributed by atoms with Crippen LogP contribution >= 0.6 is 18.6 Å². The zero-order chi connectivity index (χ0) is 2.71. The van der Waals surface area contributed by atoms with Crippen LogP contribution in [0.4, 0.5) is 0 Å². The van der Waals surface area contributed by atoms with Gasteiger partial charge >= 0.3 is 8.69 Å². The SMILES string of the molecule is O=PO.[PH4+]. The highest BCUT2D eigenvalue weighted by Gasteiger charge is 1.28. The van der Waals surface area contributed by atoms with Crippen LogP contribution in [0.2, 0.25) is 0 Å². The highest BCUT2D eigenvalue weighted by Crippen LogP contribution is 1.66. The second-order valence-electron chi connectivity index (χ2n) is 0.0816. The second-order valence-corrected chi connectivity index (χ2v) is 0.245. The lowest BCUT2D eigenvalue weighted by molar-refractivity contribution is 0.524. The largest absolute Gasteiger partial charge is 0.324 e. The molecule has 0 fully saturated rings. The molecular weight excluding hydrogens is 93.9 g/mol. The molecule has 1 atom stereocenters. The molecule has 0 aromatic carbocycles. The van der Waals surface area contributed by atoms with E-state index in [-0.39, 0.29) is 9.90 Å². The summed E-state index contributed by atoms with van der Waals surface area (Å²) in [6.45, 7) is 0. The predicted octanol–water partition coefficient (Wildman–Crippen LogP) is -0.0242. The Morgan fingerprint density at radius 3 is 1.75 bits per heavy atom. The van der Waals surface area contributed by atoms with Gasteiger partial charge in [-0.15, -0.1) is 0 Å². The maximum absolute atomic E-state index is 8.46. The van der Waals surface area contributed by atoms with E-state index in [0.717, 1.165) is 0 Å². The molecule has 0 amide bonds. The van der Waals surface area contributed by atoms with Crippen LogP contribution < -0.4 is 0 Å². The molecule has 2 nitrogen and oxygen atoms in total. The Kier molecular flexibility index (Phi) is 21.5. The minimum atomic E-state index is -0.833. The molecule has 0 aliphatic heterocycles. The van der Waals surface area contributed by atoms with E-state index in [1.165, 1.54) is 0 Å². The van der Waals surface area contributed by atoms with Gasteiger partial charge in [-0.1, -0.05) is 0 Å². The van der Waals surface area contributed by atoms with Gasteiger partial charge in [0.2, 0.25) is 0 Å². The standard InChI is InChI=1S/HO2P.H3P/c1-3-2;/h(H,1,2);1H3/p+1. The zero-order valence-corrected chi connectivity index (χ0v) is 5.20. The van der Waals surface area contributed by atoms with Crippen molar-refractivity contribution in [1.29, 1.82) is 0 Å². The molecule has 4 heavy (non-hydrogen) atoms. The van der Waals surface area contributed by atoms with E-state index >= 15 is 0 Å². The fourth-order valence-corrected chi connectivity index (χ4v) is 0. The Bertz CT molecular complexity index is 11.5. The zero-order valence-electron chi connectivity index (χ0n) is 2.30. The van der Waals surface area contributed by atoms with Crippen LogP contribution in [0, 0.1) is 0 Å². The van der Waals surface area contributed by atoms with Crippen LogP contribution in [0.15, 0.2) is 0 Å². The van der Waals surface area contributed by atoms with E-state index < -0.39 is 8.69 Å². The van der Waals surface area contributed by atoms with E-state index in [1.54, 1.807) is 0 Å². The average molecular weight is 99.0 g/mol. The number of rotatable bonds is 0. The van der Waals surface area contributed by atoms with Gasteiger partial charge in [0, 0.05) is 0 Å². The van der Waals surface area contributed by atoms with Gasteiger partial charge in [-0.2, -0.15) is 0 Å². The van der Waals surface area contributed by atoms with Crippen LogP contribution in [0.3, 0.4) is 0 Å². The summed E-state index contributed by atoms with van der Waals surface area (Å²) in [4.78, 5) is 6.99. The number of hydrogen-bond donors (Lipinski definition) is 1. The van der Waals surface area contributed by atoms with Gasteiger partial charge in [-0.25, -0.2) is 4.57 Å². The van der Waals surface area contributed by atoms with Gasteiger partial charge in [0.1, 0.15) is 0 Å². The van der Waals surface area contributed by atoms with E-state index in [9.17, 15) is 0 Å². The summed E-state index contributed by atoms with van der Waals surface area (Å²) in [5.74, 6) is 0. The Morgan fingerprint density at radius 2 is 1.75 bits per heavy atom. The third-order valence-corrected chi connectivity index (χ3v) is 0. The summed E-state index contributed by atoms with van der Waals surface area (Å²) in [5, 5.41) is 0. The van der Waals surface area contributed by atoms with Gasteiger partial charge < -0.3 is 4.89 Å². The Morgan fingerprint density at radius 1 is 1.75 bits per heavy atom. The minimum absolute atomic E-state index is 0. The van der Waals surface area contributed by atoms with Crippen molar-refractivity contribution in [1.82, 2.24) is 0 Å². The van der Waals surface area contributed by atoms with Gasteiger partial charge in [0.05, 0.1) is 0 Å². The van der Waals surface area contributed by atoms with Crippen LogP contribution in [-0.4, -0.2) is 4.89 Å². The van der Waals surface area contributed by atoms with Crippen molar-refractivity contribution in [3.05, 3.63) is 0 Å². The summed E-state index contributed by atoms with van der Waals surface area (Å²) >= 11 is 0. The molecule has 0 heterocycles. The third kappa shape index (κ3) is 23.0. The maximum Gasteiger partial charge on any atom is 0.324 e. The molecular formula is H5O2P2+. The third-order valence-electron chi connectivity index (χ3n) is 0. The van der Waals surface area contributed by atoms with Crippen molar-refractivity contribution < 1.29 is 9.46 Å². The fourth-order valence-electron chi connectivity index (χ4n) is 0. The first-order valence-electron chi connectivity index (χ1n) is 0.383. The lowest BCUT2D eigenvalue weighted by Crippen LogP contribution is -1.03. The first kappa shape index (κ1) is 8.82. The molecule has 0 saturated carbocycles. The molecule has 0 rings (SSSR count). The lowest BCUT2D eigenvalue weighted by atomic mass is 15.9. The maximum atomic E-state index is 8.46. The molecule has 1 N–H and O–H groups in total. The van der Waals surface area contributed by atoms with Crippen molar-refractivity contribution in [3.63, 3.8) is 0 Å². The molecule has 0 bridgehead atoms. The van der Waals surface area contributed by atoms with Gasteiger partial charge in [-0.3, -0.25) is 0 Å². The normalized spacial score (nSPS) is 5.25. The molecule has 1 unspecified atom stereocenters. The minimum Gasteiger partial charge on any atom is -0.310 e. The Balaban J connectivity index is 0. The topological polar surface area (TPSA) is 37.3 Å². The van der Waals surface area contributed by atoms with Crippen molar-refractivity contribution >= 4 is 18.6 Å².